The summed E-state index contributed by atoms with van der Waals surface area (Å²) in [5.74, 6) is 0. The van der Waals surface area contributed by atoms with Crippen molar-refractivity contribution in [3.63, 3.8) is 0 Å². The van der Waals surface area contributed by atoms with Crippen molar-refractivity contribution in [2.24, 2.45) is 0 Å². The largest absolute Gasteiger partial charge is 0.377 e. The molecule has 0 amide bonds. The standard InChI is InChI=1S/C18H31NO/c1-5-6-7-8-9-16(3)20-14-18(19-4)17-12-10-15(2)11-13-17/h10-13,16,18-19H,5-9,14H2,1-4H3. The normalized spacial score (nSPS) is 14.2. The van der Waals surface area contributed by atoms with Gasteiger partial charge >= 0.3 is 0 Å². The Bertz CT molecular complexity index is 347. The molecule has 0 heterocycles. The van der Waals surface area contributed by atoms with Gasteiger partial charge < -0.3 is 10.1 Å². The third-order valence-electron chi connectivity index (χ3n) is 3.84. The van der Waals surface area contributed by atoms with Crippen LogP contribution < -0.4 is 5.32 Å². The van der Waals surface area contributed by atoms with Crippen LogP contribution in [0.2, 0.25) is 0 Å². The monoisotopic (exact) mass is 277 g/mol. The van der Waals surface area contributed by atoms with Gasteiger partial charge in [0.15, 0.2) is 0 Å². The van der Waals surface area contributed by atoms with Crippen molar-refractivity contribution in [2.75, 3.05) is 13.7 Å². The maximum Gasteiger partial charge on any atom is 0.0665 e. The minimum Gasteiger partial charge on any atom is -0.377 e. The molecule has 2 nitrogen and oxygen atoms in total. The van der Waals surface area contributed by atoms with Crippen molar-refractivity contribution in [2.45, 2.75) is 65.0 Å². The molecule has 1 aromatic rings. The fraction of sp³-hybridized carbons (Fsp3) is 0.667. The number of ether oxygens (including phenoxy) is 1. The van der Waals surface area contributed by atoms with Crippen LogP contribution in [0.3, 0.4) is 0 Å². The molecule has 2 unspecified atom stereocenters. The van der Waals surface area contributed by atoms with E-state index in [0.717, 1.165) is 6.61 Å². The van der Waals surface area contributed by atoms with Gasteiger partial charge in [0.1, 0.15) is 0 Å². The summed E-state index contributed by atoms with van der Waals surface area (Å²) >= 11 is 0. The number of hydrogen-bond donors (Lipinski definition) is 1. The van der Waals surface area contributed by atoms with Gasteiger partial charge in [0.2, 0.25) is 0 Å². The number of aryl methyl sites for hydroxylation is 1. The molecule has 0 fully saturated rings. The molecule has 0 aromatic heterocycles. The first kappa shape index (κ1) is 17.2. The number of rotatable bonds is 10. The molecule has 0 saturated carbocycles. The summed E-state index contributed by atoms with van der Waals surface area (Å²) in [7, 11) is 2.00. The van der Waals surface area contributed by atoms with E-state index in [1.165, 1.54) is 43.2 Å². The van der Waals surface area contributed by atoms with Crippen LogP contribution >= 0.6 is 0 Å². The second kappa shape index (κ2) is 9.95. The Balaban J connectivity index is 2.32. The topological polar surface area (TPSA) is 21.3 Å². The first-order chi connectivity index (χ1) is 9.67. The molecule has 0 saturated heterocycles. The number of likely N-dealkylation sites (N-methyl/N-ethyl adjacent to an activating group) is 1. The fourth-order valence-electron chi connectivity index (χ4n) is 2.35. The summed E-state index contributed by atoms with van der Waals surface area (Å²) in [5, 5.41) is 3.34. The molecule has 0 aliphatic rings. The molecular weight excluding hydrogens is 246 g/mol. The smallest absolute Gasteiger partial charge is 0.0665 e. The van der Waals surface area contributed by atoms with Gasteiger partial charge in [0.25, 0.3) is 0 Å². The zero-order valence-electron chi connectivity index (χ0n) is 13.6. The van der Waals surface area contributed by atoms with E-state index in [1.807, 2.05) is 7.05 Å². The van der Waals surface area contributed by atoms with Crippen LogP contribution in [0.15, 0.2) is 24.3 Å². The second-order valence-corrected chi connectivity index (χ2v) is 5.75. The van der Waals surface area contributed by atoms with Crippen LogP contribution in [-0.2, 0) is 4.74 Å². The van der Waals surface area contributed by atoms with Crippen molar-refractivity contribution >= 4 is 0 Å². The van der Waals surface area contributed by atoms with Crippen molar-refractivity contribution in [1.82, 2.24) is 5.32 Å². The quantitative estimate of drug-likeness (QED) is 0.629. The van der Waals surface area contributed by atoms with Gasteiger partial charge in [-0.1, -0.05) is 62.4 Å². The molecule has 114 valence electrons. The van der Waals surface area contributed by atoms with E-state index in [-0.39, 0.29) is 6.04 Å². The Labute approximate surface area is 124 Å². The van der Waals surface area contributed by atoms with Crippen molar-refractivity contribution in [1.29, 1.82) is 0 Å². The summed E-state index contributed by atoms with van der Waals surface area (Å²) in [5.41, 5.74) is 2.60. The maximum absolute atomic E-state index is 6.00. The van der Waals surface area contributed by atoms with Crippen molar-refractivity contribution in [3.05, 3.63) is 35.4 Å². The van der Waals surface area contributed by atoms with Crippen LogP contribution in [0.1, 0.15) is 63.1 Å². The number of nitrogens with one attached hydrogen (secondary N) is 1. The zero-order valence-corrected chi connectivity index (χ0v) is 13.6. The number of benzene rings is 1. The Morgan fingerprint density at radius 3 is 2.40 bits per heavy atom. The Hall–Kier alpha value is -0.860. The van der Waals surface area contributed by atoms with Gasteiger partial charge in [-0.2, -0.15) is 0 Å². The van der Waals surface area contributed by atoms with Crippen molar-refractivity contribution in [3.8, 4) is 0 Å². The number of hydrogen-bond acceptors (Lipinski definition) is 2. The Kier molecular flexibility index (Phi) is 8.56. The molecule has 0 spiro atoms. The highest BCUT2D eigenvalue weighted by Crippen LogP contribution is 2.16. The summed E-state index contributed by atoms with van der Waals surface area (Å²) in [4.78, 5) is 0. The van der Waals surface area contributed by atoms with Crippen LogP contribution in [0, 0.1) is 6.92 Å². The molecule has 0 bridgehead atoms. The summed E-state index contributed by atoms with van der Waals surface area (Å²) in [6.07, 6.45) is 6.78. The average Bonchev–Trinajstić information content (AvgIpc) is 2.46. The van der Waals surface area contributed by atoms with E-state index < -0.39 is 0 Å². The van der Waals surface area contributed by atoms with Gasteiger partial charge in [-0.05, 0) is 32.9 Å². The fourth-order valence-corrected chi connectivity index (χ4v) is 2.35. The molecule has 1 rings (SSSR count). The first-order valence-corrected chi connectivity index (χ1v) is 8.02. The molecule has 2 atom stereocenters. The zero-order chi connectivity index (χ0) is 14.8. The average molecular weight is 277 g/mol. The van der Waals surface area contributed by atoms with Crippen LogP contribution in [0.5, 0.6) is 0 Å². The number of unbranched alkanes of at least 4 members (excludes halogenated alkanes) is 3. The molecule has 0 aliphatic carbocycles. The lowest BCUT2D eigenvalue weighted by Gasteiger charge is -2.20. The van der Waals surface area contributed by atoms with Crippen LogP contribution in [0.25, 0.3) is 0 Å². The summed E-state index contributed by atoms with van der Waals surface area (Å²) in [6, 6.07) is 8.98. The van der Waals surface area contributed by atoms with E-state index >= 15 is 0 Å². The van der Waals surface area contributed by atoms with E-state index in [1.54, 1.807) is 0 Å². The predicted molar refractivity (Wildman–Crippen MR) is 87.2 cm³/mol. The van der Waals surface area contributed by atoms with E-state index in [9.17, 15) is 0 Å². The first-order valence-electron chi connectivity index (χ1n) is 8.02. The van der Waals surface area contributed by atoms with Crippen LogP contribution in [-0.4, -0.2) is 19.8 Å². The molecule has 1 N–H and O–H groups in total. The van der Waals surface area contributed by atoms with Gasteiger partial charge in [-0.15, -0.1) is 0 Å². The lowest BCUT2D eigenvalue weighted by Crippen LogP contribution is -2.24. The van der Waals surface area contributed by atoms with Gasteiger partial charge in [0, 0.05) is 0 Å². The molecule has 2 heteroatoms. The van der Waals surface area contributed by atoms with Gasteiger partial charge in [-0.25, -0.2) is 0 Å². The molecule has 0 aliphatic heterocycles. The third kappa shape index (κ3) is 6.53. The second-order valence-electron chi connectivity index (χ2n) is 5.75. The Morgan fingerprint density at radius 2 is 1.80 bits per heavy atom. The molecule has 0 radical (unpaired) electrons. The molecule has 20 heavy (non-hydrogen) atoms. The summed E-state index contributed by atoms with van der Waals surface area (Å²) in [6.45, 7) is 7.30. The van der Waals surface area contributed by atoms with E-state index in [0.29, 0.717) is 6.10 Å². The highest BCUT2D eigenvalue weighted by atomic mass is 16.5. The minimum absolute atomic E-state index is 0.286. The maximum atomic E-state index is 6.00. The van der Waals surface area contributed by atoms with E-state index in [4.69, 9.17) is 4.74 Å². The highest BCUT2D eigenvalue weighted by Gasteiger charge is 2.11. The third-order valence-corrected chi connectivity index (χ3v) is 3.84. The molecular formula is C18H31NO. The predicted octanol–water partition coefficient (Wildman–Crippen LogP) is 4.63. The lowest BCUT2D eigenvalue weighted by atomic mass is 10.1. The Morgan fingerprint density at radius 1 is 1.10 bits per heavy atom. The SMILES string of the molecule is CCCCCCC(C)OCC(NC)c1ccc(C)cc1. The molecule has 1 aromatic carbocycles. The van der Waals surface area contributed by atoms with Gasteiger partial charge in [-0.3, -0.25) is 0 Å². The summed E-state index contributed by atoms with van der Waals surface area (Å²) < 4.78 is 6.00. The van der Waals surface area contributed by atoms with Gasteiger partial charge in [0.05, 0.1) is 18.8 Å². The van der Waals surface area contributed by atoms with Crippen molar-refractivity contribution < 1.29 is 4.74 Å². The minimum atomic E-state index is 0.286. The lowest BCUT2D eigenvalue weighted by molar-refractivity contribution is 0.0441. The van der Waals surface area contributed by atoms with E-state index in [2.05, 4.69) is 50.4 Å². The van der Waals surface area contributed by atoms with Crippen LogP contribution in [0.4, 0.5) is 0 Å². The highest BCUT2D eigenvalue weighted by molar-refractivity contribution is 5.24.